The number of halogens is 1. The van der Waals surface area contributed by atoms with Gasteiger partial charge in [-0.2, -0.15) is 9.61 Å². The van der Waals surface area contributed by atoms with Crippen molar-refractivity contribution in [1.29, 1.82) is 0 Å². The molecule has 1 unspecified atom stereocenters. The molecule has 5 rings (SSSR count). The van der Waals surface area contributed by atoms with Gasteiger partial charge in [-0.15, -0.1) is 0 Å². The Hall–Kier alpha value is -3.32. The molecule has 1 aliphatic carbocycles. The molecule has 0 bridgehead atoms. The summed E-state index contributed by atoms with van der Waals surface area (Å²) in [6, 6.07) is 10.3. The molecule has 2 fully saturated rings. The molecule has 1 aliphatic heterocycles. The Kier molecular flexibility index (Phi) is 4.90. The smallest absolute Gasteiger partial charge is 0.228 e. The SMILES string of the molecule is C=C1NC(=O)C/C1=C\c1cnn2c(NC3CC3)cc(NC(C)c3ccc(Cl)cc3)nc12. The molecule has 1 aromatic carbocycles. The summed E-state index contributed by atoms with van der Waals surface area (Å²) in [6.45, 7) is 6.01. The van der Waals surface area contributed by atoms with Gasteiger partial charge in [0.25, 0.3) is 0 Å². The number of anilines is 2. The quantitative estimate of drug-likeness (QED) is 0.530. The lowest BCUT2D eigenvalue weighted by molar-refractivity contribution is -0.118. The maximum absolute atomic E-state index is 11.7. The minimum atomic E-state index is -0.0454. The lowest BCUT2D eigenvalue weighted by Crippen LogP contribution is -2.12. The molecule has 1 saturated heterocycles. The molecule has 3 aromatic rings. The molecule has 2 aliphatic rings. The number of nitrogens with zero attached hydrogens (tertiary/aromatic N) is 3. The maximum Gasteiger partial charge on any atom is 0.228 e. The van der Waals surface area contributed by atoms with Crippen LogP contribution in [0.15, 0.2) is 54.4 Å². The van der Waals surface area contributed by atoms with Crippen molar-refractivity contribution >= 4 is 40.9 Å². The topological polar surface area (TPSA) is 83.4 Å². The number of fused-ring (bicyclic) bond motifs is 1. The molecule has 31 heavy (non-hydrogen) atoms. The van der Waals surface area contributed by atoms with Crippen LogP contribution in [-0.4, -0.2) is 26.5 Å². The molecule has 0 radical (unpaired) electrons. The number of allylic oxidation sites excluding steroid dienone is 1. The second-order valence-electron chi connectivity index (χ2n) is 8.07. The second-order valence-corrected chi connectivity index (χ2v) is 8.51. The Morgan fingerprint density at radius 2 is 2.10 bits per heavy atom. The van der Waals surface area contributed by atoms with E-state index in [2.05, 4.69) is 34.6 Å². The van der Waals surface area contributed by atoms with Gasteiger partial charge in [0, 0.05) is 34.4 Å². The normalized spacial score (nSPS) is 18.5. The molecular formula is C23H23ClN6O. The van der Waals surface area contributed by atoms with Crippen LogP contribution in [0, 0.1) is 0 Å². The number of amides is 1. The van der Waals surface area contributed by atoms with E-state index in [1.807, 2.05) is 40.9 Å². The minimum Gasteiger partial charge on any atom is -0.367 e. The third kappa shape index (κ3) is 4.14. The monoisotopic (exact) mass is 434 g/mol. The summed E-state index contributed by atoms with van der Waals surface area (Å²) < 4.78 is 1.82. The average molecular weight is 435 g/mol. The first-order chi connectivity index (χ1) is 15.0. The van der Waals surface area contributed by atoms with Gasteiger partial charge in [0.15, 0.2) is 5.65 Å². The van der Waals surface area contributed by atoms with Gasteiger partial charge in [-0.25, -0.2) is 4.98 Å². The van der Waals surface area contributed by atoms with Crippen molar-refractivity contribution in [2.24, 2.45) is 0 Å². The molecule has 7 nitrogen and oxygen atoms in total. The average Bonchev–Trinajstić information content (AvgIpc) is 3.37. The van der Waals surface area contributed by atoms with Gasteiger partial charge >= 0.3 is 0 Å². The van der Waals surface area contributed by atoms with Gasteiger partial charge in [-0.3, -0.25) is 4.79 Å². The van der Waals surface area contributed by atoms with Crippen molar-refractivity contribution in [1.82, 2.24) is 19.9 Å². The van der Waals surface area contributed by atoms with Crippen LogP contribution in [0.1, 0.15) is 43.4 Å². The summed E-state index contributed by atoms with van der Waals surface area (Å²) in [5.41, 5.74) is 4.16. The Morgan fingerprint density at radius 1 is 1.32 bits per heavy atom. The fraction of sp³-hybridized carbons (Fsp3) is 0.261. The van der Waals surface area contributed by atoms with Crippen molar-refractivity contribution in [3.63, 3.8) is 0 Å². The number of carbonyl (C=O) groups is 1. The highest BCUT2D eigenvalue weighted by Gasteiger charge is 2.24. The lowest BCUT2D eigenvalue weighted by Gasteiger charge is -2.17. The van der Waals surface area contributed by atoms with Gasteiger partial charge in [-0.05, 0) is 49.1 Å². The molecule has 158 valence electrons. The number of hydrogen-bond donors (Lipinski definition) is 3. The first-order valence-electron chi connectivity index (χ1n) is 10.3. The summed E-state index contributed by atoms with van der Waals surface area (Å²) in [7, 11) is 0. The Balaban J connectivity index is 1.52. The van der Waals surface area contributed by atoms with Crippen LogP contribution in [0.5, 0.6) is 0 Å². The van der Waals surface area contributed by atoms with E-state index in [0.717, 1.165) is 46.8 Å². The molecular weight excluding hydrogens is 412 g/mol. The van der Waals surface area contributed by atoms with Crippen molar-refractivity contribution in [3.8, 4) is 0 Å². The van der Waals surface area contributed by atoms with Crippen molar-refractivity contribution in [3.05, 3.63) is 70.5 Å². The van der Waals surface area contributed by atoms with Crippen molar-refractivity contribution < 1.29 is 4.79 Å². The van der Waals surface area contributed by atoms with Gasteiger partial charge in [0.1, 0.15) is 11.6 Å². The maximum atomic E-state index is 11.7. The van der Waals surface area contributed by atoms with Crippen LogP contribution >= 0.6 is 11.6 Å². The highest BCUT2D eigenvalue weighted by Crippen LogP contribution is 2.30. The second kappa shape index (κ2) is 7.74. The third-order valence-corrected chi connectivity index (χ3v) is 5.77. The first-order valence-corrected chi connectivity index (χ1v) is 10.7. The van der Waals surface area contributed by atoms with E-state index in [9.17, 15) is 4.79 Å². The van der Waals surface area contributed by atoms with E-state index in [1.165, 1.54) is 0 Å². The summed E-state index contributed by atoms with van der Waals surface area (Å²) in [5, 5.41) is 15.0. The molecule has 1 saturated carbocycles. The van der Waals surface area contributed by atoms with E-state index in [1.54, 1.807) is 6.20 Å². The zero-order valence-corrected chi connectivity index (χ0v) is 17.9. The summed E-state index contributed by atoms with van der Waals surface area (Å²) in [4.78, 5) is 16.5. The first kappa shape index (κ1) is 19.6. The van der Waals surface area contributed by atoms with E-state index in [0.29, 0.717) is 23.2 Å². The van der Waals surface area contributed by atoms with Crippen molar-refractivity contribution in [2.75, 3.05) is 10.6 Å². The van der Waals surface area contributed by atoms with Gasteiger partial charge in [-0.1, -0.05) is 30.3 Å². The molecule has 0 spiro atoms. The standard InChI is InChI=1S/C23H23ClN6O/c1-13(15-3-5-18(24)6-4-15)26-20-11-21(28-19-7-8-19)30-23(29-20)17(12-25-30)9-16-10-22(31)27-14(16)2/h3-6,9,11-13,19,28H,2,7-8,10H2,1H3,(H,26,29)(H,27,31)/b16-9+. The fourth-order valence-corrected chi connectivity index (χ4v) is 3.78. The number of nitrogens with one attached hydrogen (secondary N) is 3. The van der Waals surface area contributed by atoms with Gasteiger partial charge in [0.05, 0.1) is 12.6 Å². The highest BCUT2D eigenvalue weighted by atomic mass is 35.5. The minimum absolute atomic E-state index is 0.0437. The number of hydrogen-bond acceptors (Lipinski definition) is 5. The van der Waals surface area contributed by atoms with Crippen LogP contribution < -0.4 is 16.0 Å². The van der Waals surface area contributed by atoms with E-state index in [4.69, 9.17) is 16.6 Å². The van der Waals surface area contributed by atoms with Crippen LogP contribution in [0.25, 0.3) is 11.7 Å². The Bertz CT molecular complexity index is 1210. The number of carbonyl (C=O) groups excluding carboxylic acids is 1. The zero-order valence-electron chi connectivity index (χ0n) is 17.2. The summed E-state index contributed by atoms with van der Waals surface area (Å²) >= 11 is 6.02. The van der Waals surface area contributed by atoms with Crippen molar-refractivity contribution in [2.45, 2.75) is 38.3 Å². The van der Waals surface area contributed by atoms with E-state index >= 15 is 0 Å². The molecule has 1 atom stereocenters. The lowest BCUT2D eigenvalue weighted by atomic mass is 10.1. The number of aromatic nitrogens is 3. The molecule has 3 heterocycles. The van der Waals surface area contributed by atoms with Gasteiger partial charge < -0.3 is 16.0 Å². The van der Waals surface area contributed by atoms with Crippen LogP contribution in [0.3, 0.4) is 0 Å². The summed E-state index contributed by atoms with van der Waals surface area (Å²) in [5.74, 6) is 1.59. The molecule has 1 amide bonds. The Morgan fingerprint density at radius 3 is 2.77 bits per heavy atom. The van der Waals surface area contributed by atoms with E-state index in [-0.39, 0.29) is 11.9 Å². The van der Waals surface area contributed by atoms with Gasteiger partial charge in [0.2, 0.25) is 5.91 Å². The van der Waals surface area contributed by atoms with Crippen LogP contribution in [0.4, 0.5) is 11.6 Å². The highest BCUT2D eigenvalue weighted by molar-refractivity contribution is 6.30. The fourth-order valence-electron chi connectivity index (χ4n) is 3.65. The van der Waals surface area contributed by atoms with Crippen LogP contribution in [0.2, 0.25) is 5.02 Å². The molecule has 2 aromatic heterocycles. The number of benzene rings is 1. The third-order valence-electron chi connectivity index (χ3n) is 5.52. The van der Waals surface area contributed by atoms with Crippen LogP contribution in [-0.2, 0) is 4.79 Å². The van der Waals surface area contributed by atoms with E-state index < -0.39 is 0 Å². The number of rotatable bonds is 6. The largest absolute Gasteiger partial charge is 0.367 e. The molecule has 3 N–H and O–H groups in total. The predicted octanol–water partition coefficient (Wildman–Crippen LogP) is 4.55. The Labute approximate surface area is 185 Å². The molecule has 8 heteroatoms. The summed E-state index contributed by atoms with van der Waals surface area (Å²) in [6.07, 6.45) is 6.33. The predicted molar refractivity (Wildman–Crippen MR) is 123 cm³/mol. The zero-order chi connectivity index (χ0) is 21.5.